The highest BCUT2D eigenvalue weighted by molar-refractivity contribution is 5.86. The molecule has 0 bridgehead atoms. The van der Waals surface area contributed by atoms with E-state index in [0.717, 1.165) is 35.2 Å². The molecule has 1 unspecified atom stereocenters. The number of aliphatic hydroxyl groups excluding tert-OH is 1. The van der Waals surface area contributed by atoms with Crippen LogP contribution in [-0.2, 0) is 11.2 Å². The van der Waals surface area contributed by atoms with E-state index in [1.54, 1.807) is 12.1 Å². The molecule has 6 heteroatoms. The van der Waals surface area contributed by atoms with Crippen molar-refractivity contribution in [2.75, 3.05) is 11.9 Å². The van der Waals surface area contributed by atoms with Crippen molar-refractivity contribution in [2.24, 2.45) is 11.7 Å². The van der Waals surface area contributed by atoms with Crippen LogP contribution in [0.5, 0.6) is 0 Å². The number of ether oxygens (including phenoxy) is 1. The Morgan fingerprint density at radius 3 is 2.32 bits per heavy atom. The van der Waals surface area contributed by atoms with Crippen LogP contribution in [0.2, 0.25) is 0 Å². The maximum Gasteiger partial charge on any atom is 0.404 e. The minimum atomic E-state index is -0.957. The average molecular weight is 461 g/mol. The second-order valence-electron chi connectivity index (χ2n) is 8.76. The molecule has 3 aromatic rings. The molecule has 6 nitrogen and oxygen atoms in total. The van der Waals surface area contributed by atoms with E-state index >= 15 is 0 Å². The van der Waals surface area contributed by atoms with Gasteiger partial charge in [-0.1, -0.05) is 74.5 Å². The third-order valence-electron chi connectivity index (χ3n) is 5.65. The van der Waals surface area contributed by atoms with Crippen molar-refractivity contribution < 1.29 is 19.4 Å². The molecule has 3 rings (SSSR count). The van der Waals surface area contributed by atoms with Crippen molar-refractivity contribution in [3.63, 3.8) is 0 Å². The molecule has 0 aliphatic rings. The Balaban J connectivity index is 1.70. The molecule has 0 heterocycles. The van der Waals surface area contributed by atoms with Gasteiger partial charge in [0.1, 0.15) is 12.2 Å². The van der Waals surface area contributed by atoms with E-state index in [1.807, 2.05) is 60.7 Å². The largest absolute Gasteiger partial charge is 0.443 e. The number of hydrogen-bond donors (Lipinski definition) is 3. The van der Waals surface area contributed by atoms with Gasteiger partial charge in [0.25, 0.3) is 0 Å². The summed E-state index contributed by atoms with van der Waals surface area (Å²) in [5.41, 5.74) is 10.5. The number of hydrogen-bond acceptors (Lipinski definition) is 5. The zero-order valence-corrected chi connectivity index (χ0v) is 19.6. The molecular formula is C28H32N2O4. The number of nitrogens with one attached hydrogen (secondary N) is 1. The quantitative estimate of drug-likeness (QED) is 0.334. The third-order valence-corrected chi connectivity index (χ3v) is 5.65. The molecule has 0 spiro atoms. The van der Waals surface area contributed by atoms with Crippen molar-refractivity contribution in [1.29, 1.82) is 0 Å². The van der Waals surface area contributed by atoms with Gasteiger partial charge in [-0.25, -0.2) is 4.79 Å². The molecule has 0 fully saturated rings. The first-order valence-corrected chi connectivity index (χ1v) is 11.5. The van der Waals surface area contributed by atoms with Gasteiger partial charge in [-0.15, -0.1) is 0 Å². The molecule has 4 N–H and O–H groups in total. The number of nitrogens with two attached hydrogens (primary N) is 1. The lowest BCUT2D eigenvalue weighted by molar-refractivity contribution is 0.000954. The SMILES string of the molecule is CC(C)CNc1cc(-c2ccc(CCC(OC(N)=O)[C@H](O)c3ccccc3)cc2)ccc1C=O. The highest BCUT2D eigenvalue weighted by Crippen LogP contribution is 2.27. The highest BCUT2D eigenvalue weighted by atomic mass is 16.6. The molecule has 0 aliphatic carbocycles. The van der Waals surface area contributed by atoms with Crippen molar-refractivity contribution >= 4 is 18.1 Å². The zero-order valence-electron chi connectivity index (χ0n) is 19.6. The topological polar surface area (TPSA) is 102 Å². The number of primary amides is 1. The summed E-state index contributed by atoms with van der Waals surface area (Å²) in [6.07, 6.45) is -0.713. The summed E-state index contributed by atoms with van der Waals surface area (Å²) in [4.78, 5) is 22.8. The number of aryl methyl sites for hydroxylation is 1. The number of carbonyl (C=O) groups excluding carboxylic acids is 2. The number of aliphatic hydroxyl groups is 1. The summed E-state index contributed by atoms with van der Waals surface area (Å²) in [6, 6.07) is 22.9. The van der Waals surface area contributed by atoms with Crippen molar-refractivity contribution in [3.8, 4) is 11.1 Å². The second-order valence-corrected chi connectivity index (χ2v) is 8.76. The average Bonchev–Trinajstić information content (AvgIpc) is 2.85. The predicted molar refractivity (Wildman–Crippen MR) is 135 cm³/mol. The summed E-state index contributed by atoms with van der Waals surface area (Å²) >= 11 is 0. The van der Waals surface area contributed by atoms with Gasteiger partial charge in [0, 0.05) is 17.8 Å². The Bertz CT molecular complexity index is 1080. The Kier molecular flexibility index (Phi) is 8.82. The van der Waals surface area contributed by atoms with E-state index < -0.39 is 18.3 Å². The molecule has 0 saturated heterocycles. The summed E-state index contributed by atoms with van der Waals surface area (Å²) in [7, 11) is 0. The lowest BCUT2D eigenvalue weighted by Gasteiger charge is -2.22. The summed E-state index contributed by atoms with van der Waals surface area (Å²) in [5, 5.41) is 14.0. The van der Waals surface area contributed by atoms with Crippen LogP contribution in [-0.4, -0.2) is 30.1 Å². The third kappa shape index (κ3) is 6.93. The lowest BCUT2D eigenvalue weighted by Crippen LogP contribution is -2.29. The van der Waals surface area contributed by atoms with Gasteiger partial charge < -0.3 is 20.9 Å². The molecule has 2 atom stereocenters. The van der Waals surface area contributed by atoms with Crippen molar-refractivity contribution in [3.05, 3.63) is 89.5 Å². The molecule has 178 valence electrons. The molecule has 0 radical (unpaired) electrons. The van der Waals surface area contributed by atoms with E-state index in [2.05, 4.69) is 19.2 Å². The van der Waals surface area contributed by atoms with Gasteiger partial charge in [-0.2, -0.15) is 0 Å². The van der Waals surface area contributed by atoms with Crippen molar-refractivity contribution in [1.82, 2.24) is 0 Å². The normalized spacial score (nSPS) is 12.7. The fourth-order valence-corrected chi connectivity index (χ4v) is 3.77. The number of rotatable bonds is 11. The van der Waals surface area contributed by atoms with Crippen LogP contribution in [0.1, 0.15) is 47.9 Å². The van der Waals surface area contributed by atoms with E-state index in [0.29, 0.717) is 29.9 Å². The van der Waals surface area contributed by atoms with E-state index in [4.69, 9.17) is 10.5 Å². The first kappa shape index (κ1) is 25.0. The first-order valence-electron chi connectivity index (χ1n) is 11.5. The minimum Gasteiger partial charge on any atom is -0.443 e. The van der Waals surface area contributed by atoms with Gasteiger partial charge in [0.05, 0.1) is 0 Å². The fourth-order valence-electron chi connectivity index (χ4n) is 3.77. The van der Waals surface area contributed by atoms with Gasteiger partial charge in [0.2, 0.25) is 0 Å². The van der Waals surface area contributed by atoms with Gasteiger partial charge in [-0.3, -0.25) is 4.79 Å². The number of aldehydes is 1. The van der Waals surface area contributed by atoms with E-state index in [-0.39, 0.29) is 0 Å². The standard InChI is InChI=1S/C28H32N2O4/c1-19(2)17-30-25-16-23(13-14-24(25)18-31)21-11-8-20(9-12-21)10-15-26(34-28(29)33)27(32)22-6-4-3-5-7-22/h3-9,11-14,16,18-19,26-27,30,32H,10,15,17H2,1-2H3,(H2,29,33)/t26?,27-/m1/s1. The fraction of sp³-hybridized carbons (Fsp3) is 0.286. The number of benzene rings is 3. The van der Waals surface area contributed by atoms with Crippen molar-refractivity contribution in [2.45, 2.75) is 38.9 Å². The molecule has 34 heavy (non-hydrogen) atoms. The molecule has 0 saturated carbocycles. The van der Waals surface area contributed by atoms with Crippen LogP contribution in [0.3, 0.4) is 0 Å². The summed E-state index contributed by atoms with van der Waals surface area (Å²) in [6.45, 7) is 5.02. The molecule has 0 aromatic heterocycles. The maximum absolute atomic E-state index is 11.4. The highest BCUT2D eigenvalue weighted by Gasteiger charge is 2.24. The van der Waals surface area contributed by atoms with Gasteiger partial charge in [0.15, 0.2) is 6.29 Å². The Hall–Kier alpha value is -3.64. The molecular weight excluding hydrogens is 428 g/mol. The Labute approximate surface area is 200 Å². The van der Waals surface area contributed by atoms with Crippen LogP contribution in [0, 0.1) is 5.92 Å². The second kappa shape index (κ2) is 12.0. The minimum absolute atomic E-state index is 0.426. The zero-order chi connectivity index (χ0) is 24.5. The summed E-state index contributed by atoms with van der Waals surface area (Å²) in [5.74, 6) is 0.463. The van der Waals surface area contributed by atoms with Crippen LogP contribution in [0.25, 0.3) is 11.1 Å². The maximum atomic E-state index is 11.4. The predicted octanol–water partition coefficient (Wildman–Crippen LogP) is 5.36. The van der Waals surface area contributed by atoms with Crippen LogP contribution in [0.4, 0.5) is 10.5 Å². The Morgan fingerprint density at radius 2 is 1.71 bits per heavy atom. The lowest BCUT2D eigenvalue weighted by atomic mass is 9.96. The smallest absolute Gasteiger partial charge is 0.404 e. The molecule has 3 aromatic carbocycles. The van der Waals surface area contributed by atoms with Crippen LogP contribution in [0.15, 0.2) is 72.8 Å². The van der Waals surface area contributed by atoms with Gasteiger partial charge in [-0.05, 0) is 53.1 Å². The van der Waals surface area contributed by atoms with E-state index in [1.165, 1.54) is 0 Å². The molecule has 1 amide bonds. The first-order chi connectivity index (χ1) is 16.4. The van der Waals surface area contributed by atoms with E-state index in [9.17, 15) is 14.7 Å². The van der Waals surface area contributed by atoms with Gasteiger partial charge >= 0.3 is 6.09 Å². The van der Waals surface area contributed by atoms with Crippen LogP contribution >= 0.6 is 0 Å². The number of anilines is 1. The monoisotopic (exact) mass is 460 g/mol. The number of carbonyl (C=O) groups is 2. The molecule has 0 aliphatic heterocycles. The number of amides is 1. The Morgan fingerprint density at radius 1 is 1.03 bits per heavy atom. The van der Waals surface area contributed by atoms with Crippen LogP contribution < -0.4 is 11.1 Å². The summed E-state index contributed by atoms with van der Waals surface area (Å²) < 4.78 is 5.21.